The lowest BCUT2D eigenvalue weighted by Crippen LogP contribution is -2.00. The molecule has 0 radical (unpaired) electrons. The zero-order valence-corrected chi connectivity index (χ0v) is 13.4. The van der Waals surface area contributed by atoms with Crippen molar-refractivity contribution in [2.24, 2.45) is 0 Å². The van der Waals surface area contributed by atoms with Gasteiger partial charge < -0.3 is 0 Å². The van der Waals surface area contributed by atoms with Crippen molar-refractivity contribution in [3.8, 4) is 11.1 Å². The molecule has 0 unspecified atom stereocenters. The van der Waals surface area contributed by atoms with Gasteiger partial charge in [0.2, 0.25) is 0 Å². The van der Waals surface area contributed by atoms with E-state index in [-0.39, 0.29) is 0 Å². The minimum Gasteiger partial charge on any atom is -0.298 e. The summed E-state index contributed by atoms with van der Waals surface area (Å²) >= 11 is 6.02. The summed E-state index contributed by atoms with van der Waals surface area (Å²) < 4.78 is 0. The summed E-state index contributed by atoms with van der Waals surface area (Å²) in [7, 11) is 0. The van der Waals surface area contributed by atoms with Crippen molar-refractivity contribution in [1.29, 1.82) is 0 Å². The van der Waals surface area contributed by atoms with E-state index in [9.17, 15) is 4.79 Å². The standard InChI is InChI=1S/C18H19ClO/c1-10-11(2)13(4)18(14(5)12(10)3)15-6-7-17(19)16(8-15)9-20/h6-9H,1-5H3. The van der Waals surface area contributed by atoms with Gasteiger partial charge in [0.1, 0.15) is 0 Å². The Bertz CT molecular complexity index is 670. The molecule has 1 nitrogen and oxygen atoms in total. The Morgan fingerprint density at radius 1 is 0.850 bits per heavy atom. The van der Waals surface area contributed by atoms with Crippen molar-refractivity contribution < 1.29 is 4.79 Å². The highest BCUT2D eigenvalue weighted by molar-refractivity contribution is 6.33. The number of aldehydes is 1. The van der Waals surface area contributed by atoms with Gasteiger partial charge in [-0.2, -0.15) is 0 Å². The van der Waals surface area contributed by atoms with Crippen LogP contribution < -0.4 is 0 Å². The van der Waals surface area contributed by atoms with Crippen molar-refractivity contribution in [3.05, 3.63) is 56.6 Å². The first-order valence-corrected chi connectivity index (χ1v) is 7.08. The average molecular weight is 287 g/mol. The highest BCUT2D eigenvalue weighted by Gasteiger charge is 2.14. The van der Waals surface area contributed by atoms with E-state index < -0.39 is 0 Å². The summed E-state index contributed by atoms with van der Waals surface area (Å²) in [6, 6.07) is 5.65. The Kier molecular flexibility index (Phi) is 4.01. The minimum atomic E-state index is 0.500. The van der Waals surface area contributed by atoms with Gasteiger partial charge in [-0.25, -0.2) is 0 Å². The zero-order valence-electron chi connectivity index (χ0n) is 12.6. The zero-order chi connectivity index (χ0) is 15.0. The molecule has 0 amide bonds. The van der Waals surface area contributed by atoms with Crippen molar-refractivity contribution >= 4 is 17.9 Å². The summed E-state index contributed by atoms with van der Waals surface area (Å²) in [5, 5.41) is 0.500. The van der Waals surface area contributed by atoms with Crippen molar-refractivity contribution in [1.82, 2.24) is 0 Å². The van der Waals surface area contributed by atoms with Crippen LogP contribution in [-0.4, -0.2) is 6.29 Å². The van der Waals surface area contributed by atoms with E-state index in [1.54, 1.807) is 6.07 Å². The molecular formula is C18H19ClO. The van der Waals surface area contributed by atoms with Crippen LogP contribution in [0.5, 0.6) is 0 Å². The third kappa shape index (κ3) is 2.27. The quantitative estimate of drug-likeness (QED) is 0.679. The maximum Gasteiger partial charge on any atom is 0.151 e. The van der Waals surface area contributed by atoms with E-state index in [0.29, 0.717) is 10.6 Å². The molecule has 0 aliphatic rings. The van der Waals surface area contributed by atoms with Crippen LogP contribution in [0.4, 0.5) is 0 Å². The Morgan fingerprint density at radius 2 is 1.35 bits per heavy atom. The summed E-state index contributed by atoms with van der Waals surface area (Å²) in [5.74, 6) is 0. The lowest BCUT2D eigenvalue weighted by atomic mass is 9.86. The summed E-state index contributed by atoms with van der Waals surface area (Å²) in [6.45, 7) is 10.7. The highest BCUT2D eigenvalue weighted by atomic mass is 35.5. The predicted octanol–water partition coefficient (Wildman–Crippen LogP) is 5.36. The number of hydrogen-bond donors (Lipinski definition) is 0. The topological polar surface area (TPSA) is 17.1 Å². The van der Waals surface area contributed by atoms with Crippen molar-refractivity contribution in [3.63, 3.8) is 0 Å². The molecule has 20 heavy (non-hydrogen) atoms. The second-order valence-corrected chi connectivity index (χ2v) is 5.76. The maximum absolute atomic E-state index is 11.1. The molecule has 2 aromatic carbocycles. The Labute approximate surface area is 125 Å². The molecule has 0 bridgehead atoms. The van der Waals surface area contributed by atoms with Gasteiger partial charge in [-0.15, -0.1) is 0 Å². The van der Waals surface area contributed by atoms with Crippen LogP contribution in [0.1, 0.15) is 38.2 Å². The number of hydrogen-bond acceptors (Lipinski definition) is 1. The van der Waals surface area contributed by atoms with Crippen LogP contribution in [0.2, 0.25) is 5.02 Å². The molecule has 104 valence electrons. The van der Waals surface area contributed by atoms with Gasteiger partial charge in [0.05, 0.1) is 5.02 Å². The SMILES string of the molecule is Cc1c(C)c(C)c(-c2ccc(Cl)c(C=O)c2)c(C)c1C. The van der Waals surface area contributed by atoms with Crippen molar-refractivity contribution in [2.45, 2.75) is 34.6 Å². The van der Waals surface area contributed by atoms with Crippen LogP contribution in [0.25, 0.3) is 11.1 Å². The first-order chi connectivity index (χ1) is 9.38. The lowest BCUT2D eigenvalue weighted by Gasteiger charge is -2.19. The molecule has 0 fully saturated rings. The highest BCUT2D eigenvalue weighted by Crippen LogP contribution is 2.35. The van der Waals surface area contributed by atoms with Gasteiger partial charge in [0, 0.05) is 5.56 Å². The predicted molar refractivity (Wildman–Crippen MR) is 86.0 cm³/mol. The maximum atomic E-state index is 11.1. The minimum absolute atomic E-state index is 0.500. The number of carbonyl (C=O) groups is 1. The third-order valence-electron chi connectivity index (χ3n) is 4.41. The van der Waals surface area contributed by atoms with E-state index in [0.717, 1.165) is 11.8 Å². The second-order valence-electron chi connectivity index (χ2n) is 5.35. The first kappa shape index (κ1) is 14.8. The van der Waals surface area contributed by atoms with Crippen LogP contribution >= 0.6 is 11.6 Å². The van der Waals surface area contributed by atoms with E-state index in [2.05, 4.69) is 34.6 Å². The Hall–Kier alpha value is -1.60. The van der Waals surface area contributed by atoms with Crippen LogP contribution in [-0.2, 0) is 0 Å². The smallest absolute Gasteiger partial charge is 0.151 e. The van der Waals surface area contributed by atoms with Gasteiger partial charge in [-0.3, -0.25) is 4.79 Å². The molecule has 2 aromatic rings. The molecule has 0 saturated carbocycles. The lowest BCUT2D eigenvalue weighted by molar-refractivity contribution is 0.112. The molecule has 0 atom stereocenters. The van der Waals surface area contributed by atoms with Gasteiger partial charge in [-0.05, 0) is 85.7 Å². The molecule has 0 aromatic heterocycles. The average Bonchev–Trinajstić information content (AvgIpc) is 2.45. The molecule has 2 rings (SSSR count). The second kappa shape index (κ2) is 5.41. The fraction of sp³-hybridized carbons (Fsp3) is 0.278. The Balaban J connectivity index is 2.79. The van der Waals surface area contributed by atoms with Gasteiger partial charge >= 0.3 is 0 Å². The van der Waals surface area contributed by atoms with Gasteiger partial charge in [0.15, 0.2) is 6.29 Å². The molecule has 0 N–H and O–H groups in total. The van der Waals surface area contributed by atoms with Crippen LogP contribution in [0.3, 0.4) is 0 Å². The normalized spacial score (nSPS) is 10.7. The van der Waals surface area contributed by atoms with Crippen LogP contribution in [0, 0.1) is 34.6 Å². The monoisotopic (exact) mass is 286 g/mol. The fourth-order valence-electron chi connectivity index (χ4n) is 2.72. The number of halogens is 1. The molecule has 0 saturated heterocycles. The number of carbonyl (C=O) groups excluding carboxylic acids is 1. The largest absolute Gasteiger partial charge is 0.298 e. The summed E-state index contributed by atoms with van der Waals surface area (Å²) in [4.78, 5) is 11.1. The number of benzene rings is 2. The van der Waals surface area contributed by atoms with Crippen molar-refractivity contribution in [2.75, 3.05) is 0 Å². The molecular weight excluding hydrogens is 268 g/mol. The summed E-state index contributed by atoms with van der Waals surface area (Å²) in [6.07, 6.45) is 0.810. The van der Waals surface area contributed by atoms with Crippen LogP contribution in [0.15, 0.2) is 18.2 Å². The van der Waals surface area contributed by atoms with E-state index in [1.807, 2.05) is 12.1 Å². The Morgan fingerprint density at radius 3 is 1.85 bits per heavy atom. The first-order valence-electron chi connectivity index (χ1n) is 6.70. The van der Waals surface area contributed by atoms with E-state index in [4.69, 9.17) is 11.6 Å². The molecule has 2 heteroatoms. The van der Waals surface area contributed by atoms with E-state index >= 15 is 0 Å². The van der Waals surface area contributed by atoms with E-state index in [1.165, 1.54) is 33.4 Å². The van der Waals surface area contributed by atoms with Gasteiger partial charge in [-0.1, -0.05) is 17.7 Å². The third-order valence-corrected chi connectivity index (χ3v) is 4.76. The molecule has 0 aliphatic heterocycles. The fourth-order valence-corrected chi connectivity index (χ4v) is 2.88. The molecule has 0 spiro atoms. The summed E-state index contributed by atoms with van der Waals surface area (Å²) in [5.41, 5.74) is 9.31. The molecule has 0 heterocycles. The molecule has 0 aliphatic carbocycles. The number of rotatable bonds is 2. The van der Waals surface area contributed by atoms with Gasteiger partial charge in [0.25, 0.3) is 0 Å².